The number of hydrogen-bond acceptors (Lipinski definition) is 4. The van der Waals surface area contributed by atoms with E-state index < -0.39 is 5.82 Å². The average molecular weight is 317 g/mol. The monoisotopic (exact) mass is 317 g/mol. The molecule has 0 fully saturated rings. The Morgan fingerprint density at radius 2 is 2.05 bits per heavy atom. The molecule has 0 aliphatic carbocycles. The Labute approximate surface area is 132 Å². The average Bonchev–Trinajstić information content (AvgIpc) is 2.54. The zero-order chi connectivity index (χ0) is 15.8. The fraction of sp³-hybridized carbons (Fsp3) is 0.125. The number of thioether (sulfide) groups is 1. The van der Waals surface area contributed by atoms with Crippen LogP contribution in [0.1, 0.15) is 11.1 Å². The molecule has 2 aromatic rings. The van der Waals surface area contributed by atoms with Gasteiger partial charge in [-0.2, -0.15) is 5.10 Å². The first-order valence-electron chi connectivity index (χ1n) is 6.56. The van der Waals surface area contributed by atoms with Gasteiger partial charge in [-0.1, -0.05) is 42.1 Å². The number of rotatable bonds is 5. The molecule has 2 aromatic carbocycles. The molecule has 0 saturated carbocycles. The van der Waals surface area contributed by atoms with Crippen molar-refractivity contribution < 1.29 is 9.13 Å². The lowest BCUT2D eigenvalue weighted by atomic mass is 10.2. The standard InChI is InChI=1S/C16H16FN3OS/c1-21-15-8-7-13(9-14(15)17)10-19-20-16(18)22-11-12-5-3-2-4-6-12/h2-10H,11H2,1H3,(H2,18,20). The molecule has 0 aliphatic heterocycles. The smallest absolute Gasteiger partial charge is 0.180 e. The van der Waals surface area contributed by atoms with E-state index >= 15 is 0 Å². The Morgan fingerprint density at radius 1 is 1.27 bits per heavy atom. The SMILES string of the molecule is COc1ccc(C=NN=C(N)SCc2ccccc2)cc1F. The second-order valence-corrected chi connectivity index (χ2v) is 5.35. The molecule has 2 N–H and O–H groups in total. The van der Waals surface area contributed by atoms with Gasteiger partial charge in [-0.3, -0.25) is 0 Å². The Kier molecular flexibility index (Phi) is 5.97. The number of nitrogens with two attached hydrogens (primary N) is 1. The second-order valence-electron chi connectivity index (χ2n) is 4.35. The molecule has 0 atom stereocenters. The molecule has 114 valence electrons. The molecule has 0 radical (unpaired) electrons. The van der Waals surface area contributed by atoms with Crippen LogP contribution >= 0.6 is 11.8 Å². The number of methoxy groups -OCH3 is 1. The minimum absolute atomic E-state index is 0.193. The van der Waals surface area contributed by atoms with Crippen molar-refractivity contribution >= 4 is 23.1 Å². The molecule has 4 nitrogen and oxygen atoms in total. The van der Waals surface area contributed by atoms with Crippen LogP contribution in [0, 0.1) is 5.82 Å². The van der Waals surface area contributed by atoms with Gasteiger partial charge in [0, 0.05) is 5.75 Å². The summed E-state index contributed by atoms with van der Waals surface area (Å²) in [5, 5.41) is 8.10. The van der Waals surface area contributed by atoms with Gasteiger partial charge in [-0.05, 0) is 29.3 Å². The molecule has 0 amide bonds. The van der Waals surface area contributed by atoms with Gasteiger partial charge >= 0.3 is 0 Å². The topological polar surface area (TPSA) is 60.0 Å². The molecule has 0 bridgehead atoms. The normalized spacial score (nSPS) is 11.8. The van der Waals surface area contributed by atoms with Gasteiger partial charge < -0.3 is 10.5 Å². The van der Waals surface area contributed by atoms with E-state index in [4.69, 9.17) is 10.5 Å². The van der Waals surface area contributed by atoms with Crippen molar-refractivity contribution in [3.8, 4) is 5.75 Å². The highest BCUT2D eigenvalue weighted by Gasteiger charge is 2.01. The van der Waals surface area contributed by atoms with Gasteiger partial charge in [-0.15, -0.1) is 5.10 Å². The third-order valence-electron chi connectivity index (χ3n) is 2.77. The van der Waals surface area contributed by atoms with E-state index in [-0.39, 0.29) is 5.75 Å². The minimum atomic E-state index is -0.443. The summed E-state index contributed by atoms with van der Waals surface area (Å²) >= 11 is 1.39. The van der Waals surface area contributed by atoms with E-state index in [0.717, 1.165) is 11.3 Å². The summed E-state index contributed by atoms with van der Waals surface area (Å²) in [6, 6.07) is 14.5. The van der Waals surface area contributed by atoms with Crippen molar-refractivity contribution in [1.29, 1.82) is 0 Å². The maximum absolute atomic E-state index is 13.5. The first-order valence-corrected chi connectivity index (χ1v) is 7.54. The summed E-state index contributed by atoms with van der Waals surface area (Å²) in [5.41, 5.74) is 7.51. The number of hydrogen-bond donors (Lipinski definition) is 1. The zero-order valence-corrected chi connectivity index (χ0v) is 12.9. The number of halogens is 1. The van der Waals surface area contributed by atoms with Crippen LogP contribution in [0.3, 0.4) is 0 Å². The van der Waals surface area contributed by atoms with Crippen LogP contribution in [0.15, 0.2) is 58.7 Å². The Hall–Kier alpha value is -2.34. The highest BCUT2D eigenvalue weighted by Crippen LogP contribution is 2.16. The van der Waals surface area contributed by atoms with Gasteiger partial charge in [0.05, 0.1) is 13.3 Å². The van der Waals surface area contributed by atoms with Crippen LogP contribution in [0.2, 0.25) is 0 Å². The van der Waals surface area contributed by atoms with E-state index in [1.54, 1.807) is 6.07 Å². The van der Waals surface area contributed by atoms with Gasteiger partial charge in [0.2, 0.25) is 0 Å². The van der Waals surface area contributed by atoms with E-state index in [1.807, 2.05) is 30.3 Å². The lowest BCUT2D eigenvalue weighted by Gasteiger charge is -2.01. The van der Waals surface area contributed by atoms with Gasteiger partial charge in [0.1, 0.15) is 0 Å². The molecule has 0 unspecified atom stereocenters. The highest BCUT2D eigenvalue weighted by atomic mass is 32.2. The summed E-state index contributed by atoms with van der Waals surface area (Å²) in [6.07, 6.45) is 1.44. The van der Waals surface area contributed by atoms with E-state index in [9.17, 15) is 4.39 Å². The van der Waals surface area contributed by atoms with Crippen LogP contribution < -0.4 is 10.5 Å². The Balaban J connectivity index is 1.91. The van der Waals surface area contributed by atoms with Crippen molar-refractivity contribution in [3.05, 3.63) is 65.5 Å². The molecule has 0 spiro atoms. The molecular weight excluding hydrogens is 301 g/mol. The Bertz CT molecular complexity index is 674. The lowest BCUT2D eigenvalue weighted by molar-refractivity contribution is 0.386. The second kappa shape index (κ2) is 8.19. The number of nitrogens with zero attached hydrogens (tertiary/aromatic N) is 2. The van der Waals surface area contributed by atoms with E-state index in [0.29, 0.717) is 10.7 Å². The fourth-order valence-electron chi connectivity index (χ4n) is 1.68. The summed E-state index contributed by atoms with van der Waals surface area (Å²) in [5.74, 6) is 0.475. The summed E-state index contributed by atoms with van der Waals surface area (Å²) in [7, 11) is 1.42. The number of amidine groups is 1. The molecule has 6 heteroatoms. The van der Waals surface area contributed by atoms with Crippen molar-refractivity contribution in [1.82, 2.24) is 0 Å². The van der Waals surface area contributed by atoms with Crippen LogP contribution in [-0.4, -0.2) is 18.5 Å². The number of benzene rings is 2. The molecular formula is C16H16FN3OS. The molecule has 0 aromatic heterocycles. The van der Waals surface area contributed by atoms with Gasteiger partial charge in [-0.25, -0.2) is 4.39 Å². The molecule has 0 saturated heterocycles. The maximum Gasteiger partial charge on any atom is 0.180 e. The van der Waals surface area contributed by atoms with Gasteiger partial charge in [0.25, 0.3) is 0 Å². The minimum Gasteiger partial charge on any atom is -0.494 e. The first-order chi connectivity index (χ1) is 10.7. The number of ether oxygens (including phenoxy) is 1. The van der Waals surface area contributed by atoms with Crippen molar-refractivity contribution in [2.75, 3.05) is 7.11 Å². The fourth-order valence-corrected chi connectivity index (χ4v) is 2.29. The summed E-state index contributed by atoms with van der Waals surface area (Å²) in [4.78, 5) is 0. The lowest BCUT2D eigenvalue weighted by Crippen LogP contribution is -2.06. The quantitative estimate of drug-likeness (QED) is 0.522. The predicted octanol–water partition coefficient (Wildman–Crippen LogP) is 3.42. The molecule has 0 aliphatic rings. The predicted molar refractivity (Wildman–Crippen MR) is 89.9 cm³/mol. The Morgan fingerprint density at radius 3 is 2.73 bits per heavy atom. The molecule has 0 heterocycles. The molecule has 2 rings (SSSR count). The van der Waals surface area contributed by atoms with Crippen molar-refractivity contribution in [2.24, 2.45) is 15.9 Å². The van der Waals surface area contributed by atoms with Crippen molar-refractivity contribution in [3.63, 3.8) is 0 Å². The third kappa shape index (κ3) is 4.89. The molecule has 22 heavy (non-hydrogen) atoms. The third-order valence-corrected chi connectivity index (χ3v) is 3.62. The zero-order valence-electron chi connectivity index (χ0n) is 12.1. The first kappa shape index (κ1) is 16.0. The van der Waals surface area contributed by atoms with Crippen molar-refractivity contribution in [2.45, 2.75) is 5.75 Å². The van der Waals surface area contributed by atoms with Crippen LogP contribution in [0.4, 0.5) is 4.39 Å². The summed E-state index contributed by atoms with van der Waals surface area (Å²) < 4.78 is 18.3. The maximum atomic E-state index is 13.5. The summed E-state index contributed by atoms with van der Waals surface area (Å²) in [6.45, 7) is 0. The highest BCUT2D eigenvalue weighted by molar-refractivity contribution is 8.13. The van der Waals surface area contributed by atoms with E-state index in [1.165, 1.54) is 37.2 Å². The van der Waals surface area contributed by atoms with E-state index in [2.05, 4.69) is 10.2 Å². The van der Waals surface area contributed by atoms with Crippen LogP contribution in [0.25, 0.3) is 0 Å². The van der Waals surface area contributed by atoms with Crippen LogP contribution in [0.5, 0.6) is 5.75 Å². The van der Waals surface area contributed by atoms with Crippen LogP contribution in [-0.2, 0) is 5.75 Å². The van der Waals surface area contributed by atoms with Gasteiger partial charge in [0.15, 0.2) is 16.7 Å². The largest absolute Gasteiger partial charge is 0.494 e.